The number of aliphatic hydroxyl groups is 1. The zero-order chi connectivity index (χ0) is 24.9. The van der Waals surface area contributed by atoms with Crippen LogP contribution in [0.25, 0.3) is 32.9 Å². The molecule has 35 heavy (non-hydrogen) atoms. The smallest absolute Gasteiger partial charge is 0.259 e. The van der Waals surface area contributed by atoms with E-state index in [0.717, 1.165) is 5.52 Å². The number of nitrogens with zero attached hydrogens (tertiary/aromatic N) is 1. The monoisotopic (exact) mass is 491 g/mol. The topological polar surface area (TPSA) is 110 Å². The molecule has 0 fully saturated rings. The lowest BCUT2D eigenvalue weighted by atomic mass is 9.92. The second kappa shape index (κ2) is 8.72. The Morgan fingerprint density at radius 1 is 1.09 bits per heavy atom. The first-order chi connectivity index (χ1) is 16.8. The highest BCUT2D eigenvalue weighted by atomic mass is 35.5. The number of fused-ring (bicyclic) bond motifs is 5. The zero-order valence-electron chi connectivity index (χ0n) is 19.1. The number of halogens is 1. The van der Waals surface area contributed by atoms with Crippen molar-refractivity contribution in [3.8, 4) is 16.9 Å². The van der Waals surface area contributed by atoms with Crippen LogP contribution in [0, 0.1) is 0 Å². The van der Waals surface area contributed by atoms with Crippen LogP contribution in [0.2, 0.25) is 5.02 Å². The van der Waals surface area contributed by atoms with Crippen LogP contribution in [0.1, 0.15) is 34.1 Å². The maximum absolute atomic E-state index is 13.1. The standard InChI is InChI=1S/C26H22ClN3O5/c1-13(32)28-18-10-16-19(12-21(18)35-2)30(8-5-9-31)20-11-15(14-6-3-4-7-17(14)27)23-24(22(16)20)26(34)29-25(23)33/h3-4,6-7,10-12,31H,5,8-9H2,1-2H3,(H,28,32)(H,29,33,34). The summed E-state index contributed by atoms with van der Waals surface area (Å²) in [4.78, 5) is 37.9. The van der Waals surface area contributed by atoms with Gasteiger partial charge in [0.25, 0.3) is 11.8 Å². The van der Waals surface area contributed by atoms with Gasteiger partial charge in [-0.25, -0.2) is 0 Å². The fourth-order valence-corrected chi connectivity index (χ4v) is 5.02. The number of rotatable bonds is 6. The second-order valence-corrected chi connectivity index (χ2v) is 8.72. The number of imide groups is 1. The van der Waals surface area contributed by atoms with Gasteiger partial charge in [0.1, 0.15) is 5.75 Å². The largest absolute Gasteiger partial charge is 0.494 e. The summed E-state index contributed by atoms with van der Waals surface area (Å²) in [6.07, 6.45) is 0.471. The van der Waals surface area contributed by atoms with Crippen molar-refractivity contribution in [1.29, 1.82) is 0 Å². The number of anilines is 1. The van der Waals surface area contributed by atoms with E-state index in [2.05, 4.69) is 10.6 Å². The van der Waals surface area contributed by atoms with Crippen molar-refractivity contribution in [2.24, 2.45) is 0 Å². The van der Waals surface area contributed by atoms with Crippen LogP contribution in [0.3, 0.4) is 0 Å². The molecule has 178 valence electrons. The number of aryl methyl sites for hydroxylation is 1. The highest BCUT2D eigenvalue weighted by molar-refractivity contribution is 6.36. The summed E-state index contributed by atoms with van der Waals surface area (Å²) in [6.45, 7) is 1.83. The molecular formula is C26H22ClN3O5. The molecule has 0 atom stereocenters. The first-order valence-electron chi connectivity index (χ1n) is 11.1. The van der Waals surface area contributed by atoms with Crippen LogP contribution in [-0.2, 0) is 11.3 Å². The van der Waals surface area contributed by atoms with Gasteiger partial charge in [0, 0.05) is 47.5 Å². The maximum Gasteiger partial charge on any atom is 0.259 e. The highest BCUT2D eigenvalue weighted by Gasteiger charge is 2.35. The van der Waals surface area contributed by atoms with Gasteiger partial charge in [-0.3, -0.25) is 19.7 Å². The molecule has 0 bridgehead atoms. The van der Waals surface area contributed by atoms with Gasteiger partial charge in [-0.2, -0.15) is 0 Å². The highest BCUT2D eigenvalue weighted by Crippen LogP contribution is 2.44. The Morgan fingerprint density at radius 3 is 2.51 bits per heavy atom. The predicted molar refractivity (Wildman–Crippen MR) is 134 cm³/mol. The van der Waals surface area contributed by atoms with E-state index in [9.17, 15) is 19.5 Å². The van der Waals surface area contributed by atoms with Crippen molar-refractivity contribution < 1.29 is 24.2 Å². The van der Waals surface area contributed by atoms with Gasteiger partial charge < -0.3 is 19.7 Å². The Morgan fingerprint density at radius 2 is 1.83 bits per heavy atom. The van der Waals surface area contributed by atoms with Crippen LogP contribution in [0.5, 0.6) is 5.75 Å². The second-order valence-electron chi connectivity index (χ2n) is 8.31. The summed E-state index contributed by atoms with van der Waals surface area (Å²) in [5.74, 6) is -0.814. The van der Waals surface area contributed by atoms with Crippen molar-refractivity contribution in [1.82, 2.24) is 9.88 Å². The Kier molecular flexibility index (Phi) is 5.70. The molecule has 0 unspecified atom stereocenters. The van der Waals surface area contributed by atoms with E-state index in [4.69, 9.17) is 16.3 Å². The average Bonchev–Trinajstić information content (AvgIpc) is 3.29. The molecule has 0 saturated carbocycles. The van der Waals surface area contributed by atoms with Gasteiger partial charge in [0.15, 0.2) is 0 Å². The molecule has 1 aliphatic heterocycles. The number of hydrogen-bond acceptors (Lipinski definition) is 5. The molecule has 1 aromatic heterocycles. The van der Waals surface area contributed by atoms with Crippen molar-refractivity contribution in [3.63, 3.8) is 0 Å². The van der Waals surface area contributed by atoms with Gasteiger partial charge in [0.05, 0.1) is 35.0 Å². The van der Waals surface area contributed by atoms with Gasteiger partial charge in [-0.15, -0.1) is 0 Å². The van der Waals surface area contributed by atoms with E-state index >= 15 is 0 Å². The number of aromatic nitrogens is 1. The van der Waals surface area contributed by atoms with E-state index in [0.29, 0.717) is 56.8 Å². The van der Waals surface area contributed by atoms with Crippen LogP contribution in [0.15, 0.2) is 42.5 Å². The van der Waals surface area contributed by atoms with E-state index < -0.39 is 11.8 Å². The molecule has 2 heterocycles. The normalized spacial score (nSPS) is 12.8. The fraction of sp³-hybridized carbons (Fsp3) is 0.192. The summed E-state index contributed by atoms with van der Waals surface area (Å²) in [5, 5.41) is 16.4. The summed E-state index contributed by atoms with van der Waals surface area (Å²) in [7, 11) is 1.51. The molecule has 0 spiro atoms. The number of carbonyl (C=O) groups is 3. The number of nitrogens with one attached hydrogen (secondary N) is 2. The maximum atomic E-state index is 13.1. The molecule has 3 amide bonds. The Bertz CT molecular complexity index is 1560. The number of ether oxygens (including phenoxy) is 1. The third kappa shape index (κ3) is 3.62. The molecule has 0 radical (unpaired) electrons. The molecule has 3 N–H and O–H groups in total. The van der Waals surface area contributed by atoms with Gasteiger partial charge in [-0.1, -0.05) is 29.8 Å². The lowest BCUT2D eigenvalue weighted by molar-refractivity contribution is -0.114. The first kappa shape index (κ1) is 22.9. The van der Waals surface area contributed by atoms with Crippen LogP contribution in [-0.4, -0.2) is 41.1 Å². The van der Waals surface area contributed by atoms with Crippen LogP contribution >= 0.6 is 11.6 Å². The quantitative estimate of drug-likeness (QED) is 0.347. The molecule has 5 rings (SSSR count). The van der Waals surface area contributed by atoms with Crippen molar-refractivity contribution in [3.05, 3.63) is 58.6 Å². The SMILES string of the molecule is COc1cc2c(cc1NC(C)=O)c1c3c(c(-c4ccccc4Cl)cc1n2CCCO)C(=O)NC3=O. The minimum absolute atomic E-state index is 0.0242. The number of carbonyl (C=O) groups excluding carboxylic acids is 3. The van der Waals surface area contributed by atoms with Crippen molar-refractivity contribution in [2.45, 2.75) is 19.9 Å². The molecule has 4 aromatic rings. The third-order valence-electron chi connectivity index (χ3n) is 6.17. The number of amides is 3. The van der Waals surface area contributed by atoms with Crippen molar-refractivity contribution in [2.75, 3.05) is 19.0 Å². The number of aliphatic hydroxyl groups excluding tert-OH is 1. The van der Waals surface area contributed by atoms with Crippen LogP contribution in [0.4, 0.5) is 5.69 Å². The molecule has 0 saturated heterocycles. The van der Waals surface area contributed by atoms with E-state index in [-0.39, 0.29) is 23.6 Å². The first-order valence-corrected chi connectivity index (χ1v) is 11.4. The number of methoxy groups -OCH3 is 1. The summed E-state index contributed by atoms with van der Waals surface area (Å²) < 4.78 is 7.50. The number of hydrogen-bond donors (Lipinski definition) is 3. The Hall–Kier alpha value is -3.88. The Balaban J connectivity index is 1.96. The lowest BCUT2D eigenvalue weighted by Crippen LogP contribution is -2.20. The van der Waals surface area contributed by atoms with Crippen molar-refractivity contribution >= 4 is 56.8 Å². The summed E-state index contributed by atoms with van der Waals surface area (Å²) >= 11 is 6.49. The van der Waals surface area contributed by atoms with E-state index in [1.807, 2.05) is 16.7 Å². The number of benzene rings is 3. The zero-order valence-corrected chi connectivity index (χ0v) is 19.8. The molecule has 9 heteroatoms. The molecular weight excluding hydrogens is 470 g/mol. The molecule has 1 aliphatic rings. The predicted octanol–water partition coefficient (Wildman–Crippen LogP) is 4.35. The summed E-state index contributed by atoms with van der Waals surface area (Å²) in [5.41, 5.74) is 3.58. The Labute approximate surface area is 205 Å². The minimum Gasteiger partial charge on any atom is -0.494 e. The minimum atomic E-state index is -0.498. The lowest BCUT2D eigenvalue weighted by Gasteiger charge is -2.12. The average molecular weight is 492 g/mol. The third-order valence-corrected chi connectivity index (χ3v) is 6.50. The van der Waals surface area contributed by atoms with Gasteiger partial charge in [-0.05, 0) is 30.2 Å². The molecule has 0 aliphatic carbocycles. The molecule has 8 nitrogen and oxygen atoms in total. The van der Waals surface area contributed by atoms with Gasteiger partial charge >= 0.3 is 0 Å². The summed E-state index contributed by atoms with van der Waals surface area (Å²) in [6, 6.07) is 12.5. The fourth-order valence-electron chi connectivity index (χ4n) is 4.79. The molecule has 3 aromatic carbocycles. The van der Waals surface area contributed by atoms with Crippen LogP contribution < -0.4 is 15.4 Å². The van der Waals surface area contributed by atoms with E-state index in [1.165, 1.54) is 14.0 Å². The van der Waals surface area contributed by atoms with E-state index in [1.54, 1.807) is 30.3 Å². The van der Waals surface area contributed by atoms with Gasteiger partial charge in [0.2, 0.25) is 5.91 Å².